The van der Waals surface area contributed by atoms with Crippen LogP contribution in [0.25, 0.3) is 0 Å². The Balaban J connectivity index is 1.53. The normalized spacial score (nSPS) is 25.2. The summed E-state index contributed by atoms with van der Waals surface area (Å²) >= 11 is 1.70. The fraction of sp³-hybridized carbons (Fsp3) is 0.600. The Morgan fingerprint density at radius 2 is 2.00 bits per heavy atom. The molecule has 1 aliphatic heterocycles. The van der Waals surface area contributed by atoms with Crippen LogP contribution in [0.1, 0.15) is 94.3 Å². The van der Waals surface area contributed by atoms with Crippen molar-refractivity contribution in [2.75, 3.05) is 0 Å². The monoisotopic (exact) mass is 414 g/mol. The predicted octanol–water partition coefficient (Wildman–Crippen LogP) is 6.12. The van der Waals surface area contributed by atoms with Crippen LogP contribution < -0.4 is 0 Å². The second-order valence-electron chi connectivity index (χ2n) is 8.51. The second-order valence-corrected chi connectivity index (χ2v) is 9.88. The van der Waals surface area contributed by atoms with E-state index in [1.165, 1.54) is 4.91 Å². The van der Waals surface area contributed by atoms with Crippen molar-refractivity contribution in [3.63, 3.8) is 0 Å². The number of thioether (sulfide) groups is 1. The van der Waals surface area contributed by atoms with Crippen molar-refractivity contribution in [2.45, 2.75) is 88.4 Å². The van der Waals surface area contributed by atoms with E-state index in [1.54, 1.807) is 11.8 Å². The van der Waals surface area contributed by atoms with Gasteiger partial charge in [0.25, 0.3) is 0 Å². The lowest BCUT2D eigenvalue weighted by atomic mass is 9.84. The Hall–Kier alpha value is -1.39. The van der Waals surface area contributed by atoms with E-state index < -0.39 is 6.10 Å². The summed E-state index contributed by atoms with van der Waals surface area (Å²) in [6.07, 6.45) is 12.7. The summed E-state index contributed by atoms with van der Waals surface area (Å²) in [4.78, 5) is 24.8. The molecule has 0 spiro atoms. The second kappa shape index (κ2) is 11.1. The zero-order chi connectivity index (χ0) is 20.6. The average Bonchev–Trinajstić information content (AvgIpc) is 3.35. The number of carbonyl (C=O) groups excluding carboxylic acids is 2. The molecule has 0 radical (unpaired) electrons. The van der Waals surface area contributed by atoms with Gasteiger partial charge in [-0.15, -0.1) is 11.8 Å². The van der Waals surface area contributed by atoms with Gasteiger partial charge in [0.05, 0.1) is 11.4 Å². The molecule has 1 N–H and O–H groups in total. The maximum absolute atomic E-state index is 12.6. The molecule has 29 heavy (non-hydrogen) atoms. The number of benzene rings is 1. The van der Waals surface area contributed by atoms with Gasteiger partial charge in [0.1, 0.15) is 12.1 Å². The summed E-state index contributed by atoms with van der Waals surface area (Å²) in [7, 11) is 0. The number of Topliss-reactive ketones (excluding diaryl/α,β-unsaturated/α-hetero) is 1. The molecule has 0 aromatic heterocycles. The zero-order valence-electron chi connectivity index (χ0n) is 17.5. The third-order valence-corrected chi connectivity index (χ3v) is 7.65. The Kier molecular flexibility index (Phi) is 8.55. The molecule has 3 rings (SSSR count). The molecule has 1 aromatic rings. The van der Waals surface area contributed by atoms with Crippen molar-refractivity contribution in [2.24, 2.45) is 5.92 Å². The van der Waals surface area contributed by atoms with Gasteiger partial charge in [0, 0.05) is 12.3 Å². The lowest BCUT2D eigenvalue weighted by molar-refractivity contribution is -0.119. The van der Waals surface area contributed by atoms with E-state index >= 15 is 0 Å². The standard InChI is InChI=1S/C25H34O3S/c1-2-3-4-8-23(27)18-9-11-20(12-10-18)25-19(13-16-24(25)28)6-5-7-21-14-15-22(17-26)29-21/h9-12,14,17,19,22-23,25,27H,2-8,13,15-16H2,1H3/t19-,22?,23?,25?/m0/s1. The Morgan fingerprint density at radius 3 is 2.69 bits per heavy atom. The summed E-state index contributed by atoms with van der Waals surface area (Å²) < 4.78 is 0. The molecular formula is C25H34O3S. The topological polar surface area (TPSA) is 54.4 Å². The van der Waals surface area contributed by atoms with Crippen LogP contribution in [0.4, 0.5) is 0 Å². The first-order chi connectivity index (χ1) is 14.1. The van der Waals surface area contributed by atoms with Crippen LogP contribution >= 0.6 is 11.8 Å². The largest absolute Gasteiger partial charge is 0.388 e. The van der Waals surface area contributed by atoms with Gasteiger partial charge in [-0.2, -0.15) is 0 Å². The smallest absolute Gasteiger partial charge is 0.140 e. The van der Waals surface area contributed by atoms with Gasteiger partial charge in [-0.1, -0.05) is 56.5 Å². The van der Waals surface area contributed by atoms with Gasteiger partial charge in [-0.3, -0.25) is 4.79 Å². The summed E-state index contributed by atoms with van der Waals surface area (Å²) in [6.45, 7) is 2.17. The molecule has 3 unspecified atom stereocenters. The quantitative estimate of drug-likeness (QED) is 0.350. The summed E-state index contributed by atoms with van der Waals surface area (Å²) in [5, 5.41) is 10.5. The summed E-state index contributed by atoms with van der Waals surface area (Å²) in [6, 6.07) is 8.13. The highest BCUT2D eigenvalue weighted by molar-refractivity contribution is 8.04. The molecule has 1 saturated carbocycles. The molecule has 0 amide bonds. The minimum absolute atomic E-state index is 0.00854. The molecular weight excluding hydrogens is 380 g/mol. The Labute approximate surface area is 179 Å². The van der Waals surface area contributed by atoms with E-state index in [0.717, 1.165) is 75.2 Å². The first-order valence-electron chi connectivity index (χ1n) is 11.2. The van der Waals surface area contributed by atoms with Crippen LogP contribution in [0, 0.1) is 5.92 Å². The van der Waals surface area contributed by atoms with Crippen molar-refractivity contribution in [1.82, 2.24) is 0 Å². The van der Waals surface area contributed by atoms with Gasteiger partial charge in [0.2, 0.25) is 0 Å². The van der Waals surface area contributed by atoms with Gasteiger partial charge < -0.3 is 9.90 Å². The van der Waals surface area contributed by atoms with Gasteiger partial charge in [-0.25, -0.2) is 0 Å². The predicted molar refractivity (Wildman–Crippen MR) is 120 cm³/mol. The highest BCUT2D eigenvalue weighted by Gasteiger charge is 2.35. The molecule has 1 heterocycles. The summed E-state index contributed by atoms with van der Waals surface area (Å²) in [5.74, 6) is 0.785. The third kappa shape index (κ3) is 6.05. The SMILES string of the molecule is CCCCCC(O)c1ccc(C2C(=O)CC[C@@H]2CCCC2=CCC(C=O)S2)cc1. The fourth-order valence-electron chi connectivity index (χ4n) is 4.68. The van der Waals surface area contributed by atoms with Crippen LogP contribution in [0.15, 0.2) is 35.2 Å². The van der Waals surface area contributed by atoms with Gasteiger partial charge >= 0.3 is 0 Å². The minimum Gasteiger partial charge on any atom is -0.388 e. The number of carbonyl (C=O) groups is 2. The highest BCUT2D eigenvalue weighted by Crippen LogP contribution is 2.41. The van der Waals surface area contributed by atoms with E-state index in [9.17, 15) is 14.7 Å². The molecule has 1 fully saturated rings. The van der Waals surface area contributed by atoms with E-state index in [4.69, 9.17) is 0 Å². The Bertz CT molecular complexity index is 709. The molecule has 0 saturated heterocycles. The first kappa shape index (κ1) is 22.3. The fourth-order valence-corrected chi connectivity index (χ4v) is 5.77. The average molecular weight is 415 g/mol. The number of aldehydes is 1. The van der Waals surface area contributed by atoms with Crippen LogP contribution in [-0.2, 0) is 9.59 Å². The van der Waals surface area contributed by atoms with Crippen LogP contribution in [0.2, 0.25) is 0 Å². The molecule has 4 atom stereocenters. The van der Waals surface area contributed by atoms with E-state index in [2.05, 4.69) is 25.1 Å². The number of rotatable bonds is 11. The number of aliphatic hydroxyl groups excluding tert-OH is 1. The molecule has 1 aromatic carbocycles. The number of unbranched alkanes of at least 4 members (excludes halogenated alkanes) is 2. The maximum atomic E-state index is 12.6. The minimum atomic E-state index is -0.405. The maximum Gasteiger partial charge on any atom is 0.140 e. The lowest BCUT2D eigenvalue weighted by Gasteiger charge is -2.20. The molecule has 3 nitrogen and oxygen atoms in total. The number of hydrogen-bond acceptors (Lipinski definition) is 4. The van der Waals surface area contributed by atoms with Crippen LogP contribution in [-0.4, -0.2) is 22.4 Å². The Morgan fingerprint density at radius 1 is 1.21 bits per heavy atom. The van der Waals surface area contributed by atoms with Crippen molar-refractivity contribution in [3.8, 4) is 0 Å². The number of hydrogen-bond donors (Lipinski definition) is 1. The molecule has 4 heteroatoms. The van der Waals surface area contributed by atoms with Gasteiger partial charge in [0.15, 0.2) is 0 Å². The van der Waals surface area contributed by atoms with E-state index in [-0.39, 0.29) is 11.2 Å². The first-order valence-corrected chi connectivity index (χ1v) is 12.1. The highest BCUT2D eigenvalue weighted by atomic mass is 32.2. The number of aliphatic hydroxyl groups is 1. The van der Waals surface area contributed by atoms with Gasteiger partial charge in [-0.05, 0) is 60.5 Å². The van der Waals surface area contributed by atoms with Crippen molar-refractivity contribution >= 4 is 23.8 Å². The van der Waals surface area contributed by atoms with Crippen LogP contribution in [0.5, 0.6) is 0 Å². The molecule has 1 aliphatic carbocycles. The number of allylic oxidation sites excluding steroid dienone is 2. The van der Waals surface area contributed by atoms with Crippen molar-refractivity contribution < 1.29 is 14.7 Å². The van der Waals surface area contributed by atoms with E-state index in [1.807, 2.05) is 12.1 Å². The molecule has 0 bridgehead atoms. The lowest BCUT2D eigenvalue weighted by Crippen LogP contribution is -2.13. The van der Waals surface area contributed by atoms with Crippen LogP contribution in [0.3, 0.4) is 0 Å². The van der Waals surface area contributed by atoms with Crippen molar-refractivity contribution in [1.29, 1.82) is 0 Å². The zero-order valence-corrected chi connectivity index (χ0v) is 18.3. The molecule has 2 aliphatic rings. The van der Waals surface area contributed by atoms with Crippen molar-refractivity contribution in [3.05, 3.63) is 46.4 Å². The number of ketones is 1. The summed E-state index contributed by atoms with van der Waals surface area (Å²) in [5.41, 5.74) is 2.07. The third-order valence-electron chi connectivity index (χ3n) is 6.37. The van der Waals surface area contributed by atoms with E-state index in [0.29, 0.717) is 18.1 Å². The molecule has 158 valence electrons.